The zero-order chi connectivity index (χ0) is 21.2. The lowest BCUT2D eigenvalue weighted by Crippen LogP contribution is -2.19. The molecule has 0 atom stereocenters. The summed E-state index contributed by atoms with van der Waals surface area (Å²) in [6.07, 6.45) is -3.56. The van der Waals surface area contributed by atoms with E-state index in [-0.39, 0.29) is 11.4 Å². The van der Waals surface area contributed by atoms with Gasteiger partial charge in [0.2, 0.25) is 0 Å². The van der Waals surface area contributed by atoms with Crippen molar-refractivity contribution in [2.75, 3.05) is 0 Å². The van der Waals surface area contributed by atoms with Crippen LogP contribution in [0.4, 0.5) is 17.6 Å². The minimum Gasteiger partial charge on any atom is -0.318 e. The van der Waals surface area contributed by atoms with Crippen molar-refractivity contribution in [3.8, 4) is 5.69 Å². The Morgan fingerprint density at radius 1 is 1.07 bits per heavy atom. The number of carbonyl (C=O) groups is 1. The molecule has 2 aromatic carbocycles. The number of halogens is 4. The van der Waals surface area contributed by atoms with E-state index in [1.807, 2.05) is 0 Å². The van der Waals surface area contributed by atoms with Crippen LogP contribution in [0.1, 0.15) is 32.9 Å². The number of aryl methyl sites for hydroxylation is 1. The fourth-order valence-corrected chi connectivity index (χ4v) is 3.07. The fraction of sp³-hybridized carbons (Fsp3) is 0.143. The molecule has 0 spiro atoms. The zero-order valence-electron chi connectivity index (χ0n) is 15.6. The van der Waals surface area contributed by atoms with Gasteiger partial charge >= 0.3 is 6.18 Å². The molecule has 0 radical (unpaired) electrons. The van der Waals surface area contributed by atoms with Crippen LogP contribution in [0.25, 0.3) is 5.69 Å². The number of benzene rings is 2. The van der Waals surface area contributed by atoms with Crippen LogP contribution in [0.5, 0.6) is 0 Å². The van der Waals surface area contributed by atoms with Crippen molar-refractivity contribution in [3.63, 3.8) is 0 Å². The number of amides is 1. The molecule has 0 aliphatic rings. The number of nitrogens with one attached hydrogen (secondary N) is 1. The van der Waals surface area contributed by atoms with Crippen molar-refractivity contribution in [2.24, 2.45) is 5.10 Å². The molecule has 0 saturated carbocycles. The van der Waals surface area contributed by atoms with Crippen LogP contribution in [0, 0.1) is 19.7 Å². The summed E-state index contributed by atoms with van der Waals surface area (Å²) in [4.78, 5) is 12.5. The Morgan fingerprint density at radius 3 is 2.38 bits per heavy atom. The van der Waals surface area contributed by atoms with Gasteiger partial charge in [-0.3, -0.25) is 4.79 Å². The molecule has 0 bridgehead atoms. The first-order valence-electron chi connectivity index (χ1n) is 8.63. The lowest BCUT2D eigenvalue weighted by atomic mass is 10.1. The Labute approximate surface area is 164 Å². The van der Waals surface area contributed by atoms with E-state index in [1.54, 1.807) is 36.6 Å². The van der Waals surface area contributed by atoms with Crippen LogP contribution in [0.3, 0.4) is 0 Å². The van der Waals surface area contributed by atoms with Crippen LogP contribution in [0.15, 0.2) is 59.7 Å². The smallest absolute Gasteiger partial charge is 0.318 e. The number of hydrogen-bond acceptors (Lipinski definition) is 2. The maximum Gasteiger partial charge on any atom is 0.417 e. The summed E-state index contributed by atoms with van der Waals surface area (Å²) >= 11 is 0. The van der Waals surface area contributed by atoms with Gasteiger partial charge in [-0.15, -0.1) is 0 Å². The molecule has 3 rings (SSSR count). The highest BCUT2D eigenvalue weighted by atomic mass is 19.4. The molecule has 3 aromatic rings. The summed E-state index contributed by atoms with van der Waals surface area (Å²) in [6.45, 7) is 3.50. The number of rotatable bonds is 4. The van der Waals surface area contributed by atoms with E-state index < -0.39 is 17.6 Å². The quantitative estimate of drug-likeness (QED) is 0.371. The van der Waals surface area contributed by atoms with Crippen LogP contribution in [-0.2, 0) is 6.18 Å². The number of nitrogens with zero attached hydrogens (tertiary/aromatic N) is 2. The van der Waals surface area contributed by atoms with Gasteiger partial charge < -0.3 is 4.57 Å². The van der Waals surface area contributed by atoms with Crippen molar-refractivity contribution in [2.45, 2.75) is 20.0 Å². The predicted octanol–water partition coefficient (Wildman–Crippen LogP) is 5.02. The molecular formula is C21H17F4N3O. The maximum atomic E-state index is 13.2. The van der Waals surface area contributed by atoms with Gasteiger partial charge in [0, 0.05) is 22.6 Å². The van der Waals surface area contributed by atoms with E-state index in [9.17, 15) is 22.4 Å². The molecule has 150 valence electrons. The molecule has 0 aliphatic heterocycles. The van der Waals surface area contributed by atoms with Gasteiger partial charge in [0.05, 0.1) is 17.3 Å². The monoisotopic (exact) mass is 403 g/mol. The number of hydrazone groups is 1. The minimum atomic E-state index is -4.52. The third-order valence-electron chi connectivity index (χ3n) is 4.40. The number of carbonyl (C=O) groups excluding carboxylic acids is 1. The van der Waals surface area contributed by atoms with E-state index in [4.69, 9.17) is 0 Å². The summed E-state index contributed by atoms with van der Waals surface area (Å²) in [6, 6.07) is 12.4. The van der Waals surface area contributed by atoms with Gasteiger partial charge in [-0.05, 0) is 50.2 Å². The second-order valence-corrected chi connectivity index (χ2v) is 6.38. The fourth-order valence-electron chi connectivity index (χ4n) is 3.07. The van der Waals surface area contributed by atoms with Crippen molar-refractivity contribution in [1.29, 1.82) is 0 Å². The first-order chi connectivity index (χ1) is 13.7. The second-order valence-electron chi connectivity index (χ2n) is 6.38. The van der Waals surface area contributed by atoms with Gasteiger partial charge in [-0.2, -0.15) is 18.3 Å². The normalized spacial score (nSPS) is 11.8. The van der Waals surface area contributed by atoms with Crippen molar-refractivity contribution in [3.05, 3.63) is 88.5 Å². The van der Waals surface area contributed by atoms with Crippen molar-refractivity contribution in [1.82, 2.24) is 9.99 Å². The first kappa shape index (κ1) is 20.3. The highest BCUT2D eigenvalue weighted by molar-refractivity contribution is 5.96. The second kappa shape index (κ2) is 7.90. The maximum absolute atomic E-state index is 13.2. The molecule has 0 saturated heterocycles. The summed E-state index contributed by atoms with van der Waals surface area (Å²) in [5, 5.41) is 3.67. The third-order valence-corrected chi connectivity index (χ3v) is 4.40. The molecule has 1 N–H and O–H groups in total. The SMILES string of the molecule is Cc1cc(C(=O)NN=Cc2ccccc2C(F)(F)F)c(C)n1-c1ccc(F)cc1. The average molecular weight is 403 g/mol. The van der Waals surface area contributed by atoms with E-state index in [2.05, 4.69) is 10.5 Å². The van der Waals surface area contributed by atoms with E-state index in [0.29, 0.717) is 16.9 Å². The zero-order valence-corrected chi connectivity index (χ0v) is 15.6. The molecular weight excluding hydrogens is 386 g/mol. The molecule has 0 fully saturated rings. The Hall–Kier alpha value is -3.42. The molecule has 0 unspecified atom stereocenters. The van der Waals surface area contributed by atoms with Crippen LogP contribution >= 0.6 is 0 Å². The highest BCUT2D eigenvalue weighted by Gasteiger charge is 2.32. The Bertz CT molecular complexity index is 1070. The summed E-state index contributed by atoms with van der Waals surface area (Å²) in [5.74, 6) is -0.935. The number of alkyl halides is 3. The van der Waals surface area contributed by atoms with Gasteiger partial charge in [0.15, 0.2) is 0 Å². The molecule has 1 aromatic heterocycles. The largest absolute Gasteiger partial charge is 0.417 e. The molecule has 4 nitrogen and oxygen atoms in total. The lowest BCUT2D eigenvalue weighted by Gasteiger charge is -2.10. The third kappa shape index (κ3) is 4.37. The number of hydrogen-bond donors (Lipinski definition) is 1. The predicted molar refractivity (Wildman–Crippen MR) is 102 cm³/mol. The summed E-state index contributed by atoms with van der Waals surface area (Å²) in [5.41, 5.74) is 3.59. The molecule has 1 amide bonds. The van der Waals surface area contributed by atoms with Gasteiger partial charge in [-0.1, -0.05) is 18.2 Å². The van der Waals surface area contributed by atoms with Gasteiger partial charge in [0.1, 0.15) is 5.82 Å². The van der Waals surface area contributed by atoms with Gasteiger partial charge in [0.25, 0.3) is 5.91 Å². The summed E-state index contributed by atoms with van der Waals surface area (Å²) < 4.78 is 54.0. The lowest BCUT2D eigenvalue weighted by molar-refractivity contribution is -0.137. The number of aromatic nitrogens is 1. The first-order valence-corrected chi connectivity index (χ1v) is 8.63. The molecule has 29 heavy (non-hydrogen) atoms. The van der Waals surface area contributed by atoms with Crippen molar-refractivity contribution < 1.29 is 22.4 Å². The minimum absolute atomic E-state index is 0.155. The topological polar surface area (TPSA) is 46.4 Å². The standard InChI is InChI=1S/C21H17F4N3O/c1-13-11-18(14(2)28(13)17-9-7-16(22)8-10-17)20(29)27-26-12-15-5-3-4-6-19(15)21(23,24)25/h3-12H,1-2H3,(H,27,29). The van der Waals surface area contributed by atoms with E-state index in [1.165, 1.54) is 30.3 Å². The Kier molecular flexibility index (Phi) is 5.54. The molecule has 1 heterocycles. The Balaban J connectivity index is 1.82. The van der Waals surface area contributed by atoms with Crippen LogP contribution in [0.2, 0.25) is 0 Å². The Morgan fingerprint density at radius 2 is 1.72 bits per heavy atom. The molecule has 8 heteroatoms. The summed E-state index contributed by atoms with van der Waals surface area (Å²) in [7, 11) is 0. The van der Waals surface area contributed by atoms with E-state index >= 15 is 0 Å². The average Bonchev–Trinajstić information content (AvgIpc) is 2.96. The van der Waals surface area contributed by atoms with Crippen LogP contribution in [-0.4, -0.2) is 16.7 Å². The highest BCUT2D eigenvalue weighted by Crippen LogP contribution is 2.31. The van der Waals surface area contributed by atoms with Crippen LogP contribution < -0.4 is 5.43 Å². The van der Waals surface area contributed by atoms with Crippen molar-refractivity contribution >= 4 is 12.1 Å². The molecule has 0 aliphatic carbocycles. The van der Waals surface area contributed by atoms with Gasteiger partial charge in [-0.25, -0.2) is 9.82 Å². The van der Waals surface area contributed by atoms with E-state index in [0.717, 1.165) is 18.0 Å².